The van der Waals surface area contributed by atoms with Gasteiger partial charge < -0.3 is 25.2 Å². The number of amides is 2. The number of ether oxygens (including phenoxy) is 2. The maximum absolute atomic E-state index is 11.8. The van der Waals surface area contributed by atoms with Gasteiger partial charge in [-0.15, -0.1) is 0 Å². The maximum atomic E-state index is 11.8. The molecule has 1 rings (SSSR count). The van der Waals surface area contributed by atoms with E-state index in [1.807, 2.05) is 13.8 Å². The highest BCUT2D eigenvalue weighted by Crippen LogP contribution is 2.21. The Morgan fingerprint density at radius 1 is 1.38 bits per heavy atom. The average Bonchev–Trinajstić information content (AvgIpc) is 2.90. The third-order valence-electron chi connectivity index (χ3n) is 3.69. The number of carbonyl (C=O) groups excluding carboxylic acids is 1. The summed E-state index contributed by atoms with van der Waals surface area (Å²) in [7, 11) is 1.59. The molecule has 1 fully saturated rings. The van der Waals surface area contributed by atoms with Crippen LogP contribution in [0.4, 0.5) is 4.79 Å². The molecular weight excluding hydrogens is 276 g/mol. The van der Waals surface area contributed by atoms with Crippen molar-refractivity contribution in [3.8, 4) is 0 Å². The van der Waals surface area contributed by atoms with E-state index in [-0.39, 0.29) is 18.5 Å². The van der Waals surface area contributed by atoms with Gasteiger partial charge in [0.2, 0.25) is 0 Å². The summed E-state index contributed by atoms with van der Waals surface area (Å²) in [4.78, 5) is 22.9. The Balaban J connectivity index is 2.34. The van der Waals surface area contributed by atoms with E-state index in [1.54, 1.807) is 7.11 Å². The molecule has 122 valence electrons. The zero-order valence-electron chi connectivity index (χ0n) is 13.0. The topological polar surface area (TPSA) is 96.9 Å². The monoisotopic (exact) mass is 302 g/mol. The van der Waals surface area contributed by atoms with Gasteiger partial charge >= 0.3 is 12.0 Å². The maximum Gasteiger partial charge on any atom is 0.314 e. The molecule has 0 saturated carbocycles. The standard InChI is InChI=1S/C14H26N2O5/c1-10(2)6-11(12(17)18)7-15-13(19)16-8-14(20-3)4-5-21-9-14/h10-11H,4-9H2,1-3H3,(H,17,18)(H2,15,16,19). The smallest absolute Gasteiger partial charge is 0.314 e. The zero-order chi connectivity index (χ0) is 15.9. The Labute approximate surface area is 125 Å². The SMILES string of the molecule is COC1(CNC(=O)NCC(CC(C)C)C(=O)O)CCOC1. The van der Waals surface area contributed by atoms with E-state index < -0.39 is 17.5 Å². The van der Waals surface area contributed by atoms with Crippen molar-refractivity contribution >= 4 is 12.0 Å². The van der Waals surface area contributed by atoms with Gasteiger partial charge in [0, 0.05) is 26.7 Å². The molecule has 7 heteroatoms. The Kier molecular flexibility index (Phi) is 6.91. The van der Waals surface area contributed by atoms with E-state index in [4.69, 9.17) is 14.6 Å². The van der Waals surface area contributed by atoms with Crippen molar-refractivity contribution in [2.75, 3.05) is 33.4 Å². The molecule has 0 aromatic heterocycles. The molecule has 21 heavy (non-hydrogen) atoms. The van der Waals surface area contributed by atoms with Crippen LogP contribution in [0.5, 0.6) is 0 Å². The van der Waals surface area contributed by atoms with Crippen molar-refractivity contribution in [2.24, 2.45) is 11.8 Å². The molecule has 7 nitrogen and oxygen atoms in total. The zero-order valence-corrected chi connectivity index (χ0v) is 13.0. The van der Waals surface area contributed by atoms with Gasteiger partial charge in [-0.05, 0) is 12.3 Å². The van der Waals surface area contributed by atoms with Crippen LogP contribution in [0.3, 0.4) is 0 Å². The second-order valence-corrected chi connectivity index (χ2v) is 5.92. The minimum atomic E-state index is -0.887. The minimum absolute atomic E-state index is 0.121. The molecule has 1 saturated heterocycles. The van der Waals surface area contributed by atoms with Crippen molar-refractivity contribution in [1.82, 2.24) is 10.6 Å². The lowest BCUT2D eigenvalue weighted by atomic mass is 9.97. The van der Waals surface area contributed by atoms with Crippen LogP contribution in [0.15, 0.2) is 0 Å². The van der Waals surface area contributed by atoms with Crippen molar-refractivity contribution in [2.45, 2.75) is 32.3 Å². The van der Waals surface area contributed by atoms with Crippen molar-refractivity contribution in [3.05, 3.63) is 0 Å². The third-order valence-corrected chi connectivity index (χ3v) is 3.69. The lowest BCUT2D eigenvalue weighted by molar-refractivity contribution is -0.142. The molecule has 2 unspecified atom stereocenters. The van der Waals surface area contributed by atoms with Crippen LogP contribution in [0.25, 0.3) is 0 Å². The lowest BCUT2D eigenvalue weighted by Crippen LogP contribution is -2.49. The van der Waals surface area contributed by atoms with E-state index in [0.29, 0.717) is 26.2 Å². The predicted octanol–water partition coefficient (Wildman–Crippen LogP) is 0.838. The number of hydrogen-bond acceptors (Lipinski definition) is 4. The molecule has 1 heterocycles. The van der Waals surface area contributed by atoms with Crippen LogP contribution in [-0.4, -0.2) is 56.1 Å². The highest BCUT2D eigenvalue weighted by Gasteiger charge is 2.35. The fourth-order valence-electron chi connectivity index (χ4n) is 2.32. The minimum Gasteiger partial charge on any atom is -0.481 e. The summed E-state index contributed by atoms with van der Waals surface area (Å²) in [5.74, 6) is -1.19. The first-order chi connectivity index (χ1) is 9.88. The first kappa shape index (κ1) is 17.7. The summed E-state index contributed by atoms with van der Waals surface area (Å²) in [6.45, 7) is 5.45. The highest BCUT2D eigenvalue weighted by atomic mass is 16.5. The van der Waals surface area contributed by atoms with Crippen LogP contribution in [0, 0.1) is 11.8 Å². The molecule has 0 spiro atoms. The number of carboxylic acids is 1. The summed E-state index contributed by atoms with van der Waals surface area (Å²) < 4.78 is 10.7. The van der Waals surface area contributed by atoms with Gasteiger partial charge in [-0.3, -0.25) is 4.79 Å². The largest absolute Gasteiger partial charge is 0.481 e. The van der Waals surface area contributed by atoms with E-state index in [0.717, 1.165) is 6.42 Å². The number of nitrogens with one attached hydrogen (secondary N) is 2. The molecule has 0 aliphatic carbocycles. The van der Waals surface area contributed by atoms with Gasteiger partial charge in [0.05, 0.1) is 19.1 Å². The summed E-state index contributed by atoms with van der Waals surface area (Å²) in [6, 6.07) is -0.381. The van der Waals surface area contributed by atoms with Crippen LogP contribution >= 0.6 is 0 Å². The molecule has 2 atom stereocenters. The summed E-state index contributed by atoms with van der Waals surface area (Å²) in [5.41, 5.74) is -0.471. The van der Waals surface area contributed by atoms with Crippen LogP contribution in [-0.2, 0) is 14.3 Å². The van der Waals surface area contributed by atoms with E-state index in [9.17, 15) is 9.59 Å². The molecule has 0 bridgehead atoms. The van der Waals surface area contributed by atoms with Gasteiger partial charge in [0.1, 0.15) is 5.60 Å². The number of aliphatic carboxylic acids is 1. The van der Waals surface area contributed by atoms with Crippen molar-refractivity contribution < 1.29 is 24.2 Å². The molecule has 0 radical (unpaired) electrons. The number of carboxylic acid groups (broad SMARTS) is 1. The Hall–Kier alpha value is -1.34. The first-order valence-corrected chi connectivity index (χ1v) is 7.26. The lowest BCUT2D eigenvalue weighted by Gasteiger charge is -2.26. The van der Waals surface area contributed by atoms with Gasteiger partial charge in [-0.2, -0.15) is 0 Å². The Morgan fingerprint density at radius 2 is 2.10 bits per heavy atom. The van der Waals surface area contributed by atoms with E-state index in [1.165, 1.54) is 0 Å². The predicted molar refractivity (Wildman–Crippen MR) is 77.2 cm³/mol. The number of rotatable bonds is 8. The van der Waals surface area contributed by atoms with Gasteiger partial charge in [-0.1, -0.05) is 13.8 Å². The highest BCUT2D eigenvalue weighted by molar-refractivity contribution is 5.75. The number of carbonyl (C=O) groups is 2. The van der Waals surface area contributed by atoms with Crippen molar-refractivity contribution in [1.29, 1.82) is 0 Å². The van der Waals surface area contributed by atoms with Gasteiger partial charge in [0.25, 0.3) is 0 Å². The second-order valence-electron chi connectivity index (χ2n) is 5.92. The fraction of sp³-hybridized carbons (Fsp3) is 0.857. The second kappa shape index (κ2) is 8.19. The van der Waals surface area contributed by atoms with Crippen LogP contribution in [0.1, 0.15) is 26.7 Å². The number of hydrogen-bond donors (Lipinski definition) is 3. The molecule has 3 N–H and O–H groups in total. The average molecular weight is 302 g/mol. The molecule has 1 aliphatic heterocycles. The van der Waals surface area contributed by atoms with Gasteiger partial charge in [0.15, 0.2) is 0 Å². The van der Waals surface area contributed by atoms with Gasteiger partial charge in [-0.25, -0.2) is 4.79 Å². The summed E-state index contributed by atoms with van der Waals surface area (Å²) in [6.07, 6.45) is 1.26. The first-order valence-electron chi connectivity index (χ1n) is 7.26. The third kappa shape index (κ3) is 5.89. The quantitative estimate of drug-likeness (QED) is 0.617. The normalized spacial score (nSPS) is 23.0. The van der Waals surface area contributed by atoms with Crippen molar-refractivity contribution in [3.63, 3.8) is 0 Å². The Bertz CT molecular complexity index is 353. The molecule has 0 aromatic carbocycles. The summed E-state index contributed by atoms with van der Waals surface area (Å²) in [5, 5.41) is 14.4. The summed E-state index contributed by atoms with van der Waals surface area (Å²) >= 11 is 0. The molecular formula is C14H26N2O5. The number of methoxy groups -OCH3 is 1. The Morgan fingerprint density at radius 3 is 2.57 bits per heavy atom. The van der Waals surface area contributed by atoms with E-state index >= 15 is 0 Å². The van der Waals surface area contributed by atoms with Crippen LogP contribution in [0.2, 0.25) is 0 Å². The fourth-order valence-corrected chi connectivity index (χ4v) is 2.32. The molecule has 0 aromatic rings. The molecule has 1 aliphatic rings. The van der Waals surface area contributed by atoms with Crippen LogP contribution < -0.4 is 10.6 Å². The number of urea groups is 1. The van der Waals surface area contributed by atoms with E-state index in [2.05, 4.69) is 10.6 Å². The molecule has 2 amide bonds.